The summed E-state index contributed by atoms with van der Waals surface area (Å²) in [6.07, 6.45) is 7.89. The maximum atomic E-state index is 13.1. The van der Waals surface area contributed by atoms with Crippen LogP contribution in [0.3, 0.4) is 0 Å². The molecule has 3 rings (SSSR count). The Hall–Kier alpha value is -0.890. The van der Waals surface area contributed by atoms with E-state index in [1.165, 1.54) is 44.1 Å². The van der Waals surface area contributed by atoms with Gasteiger partial charge in [0.1, 0.15) is 5.82 Å². The van der Waals surface area contributed by atoms with E-state index in [2.05, 4.69) is 19.2 Å². The molecular formula is C18H26FN. The molecule has 1 aromatic rings. The van der Waals surface area contributed by atoms with Crippen molar-refractivity contribution in [3.8, 4) is 0 Å². The van der Waals surface area contributed by atoms with Crippen LogP contribution in [-0.4, -0.2) is 6.04 Å². The van der Waals surface area contributed by atoms with Gasteiger partial charge in [0.2, 0.25) is 0 Å². The third-order valence-corrected chi connectivity index (χ3v) is 5.21. The van der Waals surface area contributed by atoms with Crippen LogP contribution in [0.25, 0.3) is 0 Å². The number of halogens is 1. The van der Waals surface area contributed by atoms with Crippen molar-refractivity contribution < 1.29 is 4.39 Å². The molecule has 0 aromatic heterocycles. The summed E-state index contributed by atoms with van der Waals surface area (Å²) in [6.45, 7) is 4.77. The molecule has 1 nitrogen and oxygen atoms in total. The molecule has 1 N–H and O–H groups in total. The summed E-state index contributed by atoms with van der Waals surface area (Å²) in [4.78, 5) is 0. The van der Waals surface area contributed by atoms with Gasteiger partial charge in [0.15, 0.2) is 0 Å². The first-order valence-corrected chi connectivity index (χ1v) is 8.08. The van der Waals surface area contributed by atoms with Gasteiger partial charge < -0.3 is 5.32 Å². The zero-order chi connectivity index (χ0) is 14.2. The fraction of sp³-hybridized carbons (Fsp3) is 0.667. The molecule has 1 aromatic carbocycles. The summed E-state index contributed by atoms with van der Waals surface area (Å²) in [5.74, 6) is 0.611. The van der Waals surface area contributed by atoms with Crippen LogP contribution in [0.15, 0.2) is 24.3 Å². The quantitative estimate of drug-likeness (QED) is 0.829. The van der Waals surface area contributed by atoms with Gasteiger partial charge in [0.05, 0.1) is 0 Å². The second-order valence-corrected chi connectivity index (χ2v) is 7.32. The number of hydrogen-bond donors (Lipinski definition) is 1. The normalized spacial score (nSPS) is 27.2. The SMILES string of the molecule is CC1(C)CCCCC1NC(c1ccc(F)cc1)C1CC1. The van der Waals surface area contributed by atoms with Crippen molar-refractivity contribution in [2.75, 3.05) is 0 Å². The van der Waals surface area contributed by atoms with E-state index in [-0.39, 0.29) is 5.82 Å². The van der Waals surface area contributed by atoms with Gasteiger partial charge >= 0.3 is 0 Å². The van der Waals surface area contributed by atoms with Crippen molar-refractivity contribution >= 4 is 0 Å². The van der Waals surface area contributed by atoms with Crippen LogP contribution in [-0.2, 0) is 0 Å². The average Bonchev–Trinajstić information content (AvgIpc) is 3.23. The van der Waals surface area contributed by atoms with Gasteiger partial charge in [-0.25, -0.2) is 4.39 Å². The molecular weight excluding hydrogens is 249 g/mol. The van der Waals surface area contributed by atoms with E-state index < -0.39 is 0 Å². The Kier molecular flexibility index (Phi) is 3.85. The first-order chi connectivity index (χ1) is 9.56. The first-order valence-electron chi connectivity index (χ1n) is 8.08. The molecule has 2 heteroatoms. The molecule has 0 amide bonds. The summed E-state index contributed by atoms with van der Waals surface area (Å²) in [6, 6.07) is 8.11. The Bertz CT molecular complexity index is 447. The highest BCUT2D eigenvalue weighted by molar-refractivity contribution is 5.22. The van der Waals surface area contributed by atoms with Gasteiger partial charge in [0.25, 0.3) is 0 Å². The standard InChI is InChI=1S/C18H26FN/c1-18(2)12-4-3-5-16(18)20-17(13-6-7-13)14-8-10-15(19)11-9-14/h8-11,13,16-17,20H,3-7,12H2,1-2H3. The molecule has 2 saturated carbocycles. The van der Waals surface area contributed by atoms with E-state index in [9.17, 15) is 4.39 Å². The van der Waals surface area contributed by atoms with Gasteiger partial charge in [-0.05, 0) is 54.7 Å². The van der Waals surface area contributed by atoms with Crippen LogP contribution in [0.1, 0.15) is 64.0 Å². The molecule has 0 heterocycles. The van der Waals surface area contributed by atoms with E-state index in [1.54, 1.807) is 12.1 Å². The molecule has 0 bridgehead atoms. The zero-order valence-corrected chi connectivity index (χ0v) is 12.7. The number of hydrogen-bond acceptors (Lipinski definition) is 1. The van der Waals surface area contributed by atoms with Crippen molar-refractivity contribution in [1.82, 2.24) is 5.32 Å². The Morgan fingerprint density at radius 1 is 1.10 bits per heavy atom. The summed E-state index contributed by atoms with van der Waals surface area (Å²) < 4.78 is 13.1. The number of benzene rings is 1. The Labute approximate surface area is 122 Å². The Balaban J connectivity index is 1.76. The minimum absolute atomic E-state index is 0.138. The van der Waals surface area contributed by atoms with Crippen molar-refractivity contribution in [3.63, 3.8) is 0 Å². The van der Waals surface area contributed by atoms with E-state index in [4.69, 9.17) is 0 Å². The van der Waals surface area contributed by atoms with Crippen LogP contribution in [0, 0.1) is 17.2 Å². The summed E-state index contributed by atoms with van der Waals surface area (Å²) in [5, 5.41) is 3.92. The Morgan fingerprint density at radius 3 is 2.40 bits per heavy atom. The topological polar surface area (TPSA) is 12.0 Å². The molecule has 2 atom stereocenters. The van der Waals surface area contributed by atoms with Crippen LogP contribution in [0.5, 0.6) is 0 Å². The van der Waals surface area contributed by atoms with Gasteiger partial charge in [-0.3, -0.25) is 0 Å². The number of nitrogens with one attached hydrogen (secondary N) is 1. The van der Waals surface area contributed by atoms with Crippen LogP contribution in [0.2, 0.25) is 0 Å². The fourth-order valence-corrected chi connectivity index (χ4v) is 3.62. The molecule has 2 fully saturated rings. The molecule has 0 spiro atoms. The predicted molar refractivity (Wildman–Crippen MR) is 81.0 cm³/mol. The van der Waals surface area contributed by atoms with E-state index in [0.29, 0.717) is 17.5 Å². The third kappa shape index (κ3) is 3.06. The Morgan fingerprint density at radius 2 is 1.80 bits per heavy atom. The van der Waals surface area contributed by atoms with Gasteiger partial charge in [-0.2, -0.15) is 0 Å². The lowest BCUT2D eigenvalue weighted by molar-refractivity contribution is 0.151. The lowest BCUT2D eigenvalue weighted by atomic mass is 9.73. The highest BCUT2D eigenvalue weighted by atomic mass is 19.1. The van der Waals surface area contributed by atoms with Crippen LogP contribution < -0.4 is 5.32 Å². The van der Waals surface area contributed by atoms with Crippen molar-refractivity contribution in [2.45, 2.75) is 64.5 Å². The maximum Gasteiger partial charge on any atom is 0.123 e. The van der Waals surface area contributed by atoms with Gasteiger partial charge in [0, 0.05) is 12.1 Å². The van der Waals surface area contributed by atoms with E-state index >= 15 is 0 Å². The van der Waals surface area contributed by atoms with Crippen molar-refractivity contribution in [2.24, 2.45) is 11.3 Å². The summed E-state index contributed by atoms with van der Waals surface area (Å²) in [7, 11) is 0. The lowest BCUT2D eigenvalue weighted by Gasteiger charge is -2.41. The fourth-order valence-electron chi connectivity index (χ4n) is 3.62. The molecule has 0 radical (unpaired) electrons. The molecule has 0 aliphatic heterocycles. The van der Waals surface area contributed by atoms with Crippen molar-refractivity contribution in [1.29, 1.82) is 0 Å². The van der Waals surface area contributed by atoms with E-state index in [0.717, 1.165) is 5.92 Å². The highest BCUT2D eigenvalue weighted by Crippen LogP contribution is 2.44. The molecule has 0 saturated heterocycles. The second-order valence-electron chi connectivity index (χ2n) is 7.32. The van der Waals surface area contributed by atoms with Crippen molar-refractivity contribution in [3.05, 3.63) is 35.6 Å². The maximum absolute atomic E-state index is 13.1. The zero-order valence-electron chi connectivity index (χ0n) is 12.7. The molecule has 2 aliphatic rings. The molecule has 110 valence electrons. The largest absolute Gasteiger partial charge is 0.306 e. The second kappa shape index (κ2) is 5.48. The van der Waals surface area contributed by atoms with Gasteiger partial charge in [-0.15, -0.1) is 0 Å². The number of rotatable bonds is 4. The monoisotopic (exact) mass is 275 g/mol. The first kappa shape index (κ1) is 14.1. The molecule has 2 unspecified atom stereocenters. The minimum Gasteiger partial charge on any atom is -0.306 e. The van der Waals surface area contributed by atoms with E-state index in [1.807, 2.05) is 12.1 Å². The lowest BCUT2D eigenvalue weighted by Crippen LogP contribution is -2.46. The summed E-state index contributed by atoms with van der Waals surface area (Å²) >= 11 is 0. The minimum atomic E-state index is -0.138. The smallest absolute Gasteiger partial charge is 0.123 e. The van der Waals surface area contributed by atoms with Gasteiger partial charge in [-0.1, -0.05) is 38.8 Å². The predicted octanol–water partition coefficient (Wildman–Crippen LogP) is 4.84. The molecule has 2 aliphatic carbocycles. The third-order valence-electron chi connectivity index (χ3n) is 5.21. The van der Waals surface area contributed by atoms with Crippen LogP contribution in [0.4, 0.5) is 4.39 Å². The average molecular weight is 275 g/mol. The highest BCUT2D eigenvalue weighted by Gasteiger charge is 2.38. The molecule has 20 heavy (non-hydrogen) atoms. The summed E-state index contributed by atoms with van der Waals surface area (Å²) in [5.41, 5.74) is 1.64. The van der Waals surface area contributed by atoms with Crippen LogP contribution >= 0.6 is 0 Å².